The average Bonchev–Trinajstić information content (AvgIpc) is 2.45. The highest BCUT2D eigenvalue weighted by Crippen LogP contribution is 2.19. The minimum absolute atomic E-state index is 0.151. The van der Waals surface area contributed by atoms with E-state index in [2.05, 4.69) is 17.6 Å². The van der Waals surface area contributed by atoms with E-state index in [1.54, 1.807) is 24.3 Å². The van der Waals surface area contributed by atoms with E-state index in [-0.39, 0.29) is 18.6 Å². The van der Waals surface area contributed by atoms with Gasteiger partial charge < -0.3 is 21.1 Å². The van der Waals surface area contributed by atoms with Crippen LogP contribution >= 0.6 is 0 Å². The fourth-order valence-electron chi connectivity index (χ4n) is 2.46. The third kappa shape index (κ3) is 4.46. The van der Waals surface area contributed by atoms with Crippen LogP contribution in [0, 0.1) is 0 Å². The summed E-state index contributed by atoms with van der Waals surface area (Å²) < 4.78 is 5.28. The molecule has 21 heavy (non-hydrogen) atoms. The van der Waals surface area contributed by atoms with Crippen molar-refractivity contribution in [3.8, 4) is 5.75 Å². The quantitative estimate of drug-likeness (QED) is 0.733. The van der Waals surface area contributed by atoms with E-state index in [4.69, 9.17) is 10.5 Å². The van der Waals surface area contributed by atoms with Crippen LogP contribution in [0.4, 0.5) is 0 Å². The number of para-hydroxylation sites is 1. The second kappa shape index (κ2) is 7.08. The smallest absolute Gasteiger partial charge is 0.255 e. The number of piperidine rings is 1. The minimum atomic E-state index is -0.572. The molecule has 0 aromatic heterocycles. The molecule has 1 heterocycles. The average molecular weight is 291 g/mol. The van der Waals surface area contributed by atoms with Crippen LogP contribution in [-0.4, -0.2) is 37.0 Å². The maximum Gasteiger partial charge on any atom is 0.255 e. The molecule has 2 amide bonds. The fraction of sp³-hybridized carbons (Fsp3) is 0.467. The van der Waals surface area contributed by atoms with Gasteiger partial charge in [-0.25, -0.2) is 0 Å². The number of carbonyl (C=O) groups is 2. The Kier molecular flexibility index (Phi) is 5.16. The first-order valence-electron chi connectivity index (χ1n) is 7.10. The van der Waals surface area contributed by atoms with Crippen LogP contribution < -0.4 is 21.1 Å². The van der Waals surface area contributed by atoms with Crippen molar-refractivity contribution in [2.75, 3.05) is 13.2 Å². The molecule has 2 unspecified atom stereocenters. The van der Waals surface area contributed by atoms with Crippen molar-refractivity contribution in [1.29, 1.82) is 0 Å². The maximum atomic E-state index is 12.4. The summed E-state index contributed by atoms with van der Waals surface area (Å²) in [5.74, 6) is -0.387. The number of nitrogens with two attached hydrogens (primary N) is 1. The highest BCUT2D eigenvalue weighted by Gasteiger charge is 2.21. The molecule has 1 aromatic carbocycles. The normalized spacial score (nSPS) is 21.6. The van der Waals surface area contributed by atoms with Gasteiger partial charge in [0.2, 0.25) is 0 Å². The molecule has 1 aromatic rings. The highest BCUT2D eigenvalue weighted by atomic mass is 16.5. The van der Waals surface area contributed by atoms with E-state index in [0.717, 1.165) is 19.4 Å². The molecule has 2 atom stereocenters. The number of primary amides is 1. The summed E-state index contributed by atoms with van der Waals surface area (Å²) >= 11 is 0. The predicted octanol–water partition coefficient (Wildman–Crippen LogP) is 0.421. The van der Waals surface area contributed by atoms with Crippen LogP contribution in [0.1, 0.15) is 30.1 Å². The second-order valence-corrected chi connectivity index (χ2v) is 5.30. The Morgan fingerprint density at radius 2 is 2.19 bits per heavy atom. The van der Waals surface area contributed by atoms with Crippen LogP contribution in [0.25, 0.3) is 0 Å². The summed E-state index contributed by atoms with van der Waals surface area (Å²) in [7, 11) is 0. The Morgan fingerprint density at radius 1 is 1.43 bits per heavy atom. The third-order valence-electron chi connectivity index (χ3n) is 3.46. The zero-order valence-electron chi connectivity index (χ0n) is 12.1. The minimum Gasteiger partial charge on any atom is -0.483 e. The molecule has 1 fully saturated rings. The molecular formula is C15H21N3O3. The Morgan fingerprint density at radius 3 is 2.90 bits per heavy atom. The lowest BCUT2D eigenvalue weighted by atomic mass is 10.00. The molecule has 6 heteroatoms. The van der Waals surface area contributed by atoms with Crippen LogP contribution in [0.3, 0.4) is 0 Å². The van der Waals surface area contributed by atoms with Crippen molar-refractivity contribution in [2.24, 2.45) is 5.73 Å². The SMILES string of the molecule is CC1CC(NC(=O)c2ccccc2OCC(N)=O)CCN1. The van der Waals surface area contributed by atoms with Crippen molar-refractivity contribution >= 4 is 11.8 Å². The molecule has 4 N–H and O–H groups in total. The molecule has 2 rings (SSSR count). The largest absolute Gasteiger partial charge is 0.483 e. The third-order valence-corrected chi connectivity index (χ3v) is 3.46. The first-order valence-corrected chi connectivity index (χ1v) is 7.10. The van der Waals surface area contributed by atoms with Gasteiger partial charge in [-0.05, 0) is 38.4 Å². The lowest BCUT2D eigenvalue weighted by Gasteiger charge is -2.28. The highest BCUT2D eigenvalue weighted by molar-refractivity contribution is 5.97. The van der Waals surface area contributed by atoms with Crippen molar-refractivity contribution < 1.29 is 14.3 Å². The van der Waals surface area contributed by atoms with E-state index in [1.807, 2.05) is 0 Å². The van der Waals surface area contributed by atoms with Gasteiger partial charge in [-0.3, -0.25) is 9.59 Å². The Labute approximate surface area is 124 Å². The van der Waals surface area contributed by atoms with Crippen molar-refractivity contribution in [3.05, 3.63) is 29.8 Å². The van der Waals surface area contributed by atoms with Gasteiger partial charge in [0.1, 0.15) is 5.75 Å². The molecule has 0 bridgehead atoms. The Balaban J connectivity index is 2.02. The van der Waals surface area contributed by atoms with Crippen LogP contribution in [-0.2, 0) is 4.79 Å². The molecule has 0 aliphatic carbocycles. The fourth-order valence-corrected chi connectivity index (χ4v) is 2.46. The lowest BCUT2D eigenvalue weighted by Crippen LogP contribution is -2.46. The van der Waals surface area contributed by atoms with Gasteiger partial charge in [0.15, 0.2) is 6.61 Å². The maximum absolute atomic E-state index is 12.4. The Bertz CT molecular complexity index is 519. The standard InChI is InChI=1S/C15H21N3O3/c1-10-8-11(6-7-17-10)18-15(20)12-4-2-3-5-13(12)21-9-14(16)19/h2-5,10-11,17H,6-9H2,1H3,(H2,16,19)(H,18,20). The van der Waals surface area contributed by atoms with Crippen molar-refractivity contribution in [3.63, 3.8) is 0 Å². The zero-order valence-corrected chi connectivity index (χ0v) is 12.1. The van der Waals surface area contributed by atoms with E-state index in [1.165, 1.54) is 0 Å². The molecule has 1 aliphatic rings. The van der Waals surface area contributed by atoms with Gasteiger partial charge in [-0.2, -0.15) is 0 Å². The topological polar surface area (TPSA) is 93.4 Å². The van der Waals surface area contributed by atoms with E-state index >= 15 is 0 Å². The number of amides is 2. The van der Waals surface area contributed by atoms with Gasteiger partial charge in [-0.1, -0.05) is 12.1 Å². The van der Waals surface area contributed by atoms with Gasteiger partial charge in [0, 0.05) is 12.1 Å². The molecule has 1 aliphatic heterocycles. The first kappa shape index (κ1) is 15.3. The number of hydrogen-bond acceptors (Lipinski definition) is 4. The summed E-state index contributed by atoms with van der Waals surface area (Å²) in [6, 6.07) is 7.39. The van der Waals surface area contributed by atoms with Crippen LogP contribution in [0.2, 0.25) is 0 Å². The predicted molar refractivity (Wildman–Crippen MR) is 79.1 cm³/mol. The number of hydrogen-bond donors (Lipinski definition) is 3. The lowest BCUT2D eigenvalue weighted by molar-refractivity contribution is -0.119. The van der Waals surface area contributed by atoms with Gasteiger partial charge >= 0.3 is 0 Å². The van der Waals surface area contributed by atoms with Crippen LogP contribution in [0.15, 0.2) is 24.3 Å². The van der Waals surface area contributed by atoms with Crippen LogP contribution in [0.5, 0.6) is 5.75 Å². The van der Waals surface area contributed by atoms with Gasteiger partial charge in [0.25, 0.3) is 11.8 Å². The number of carbonyl (C=O) groups excluding carboxylic acids is 2. The molecule has 114 valence electrons. The molecule has 0 radical (unpaired) electrons. The molecule has 6 nitrogen and oxygen atoms in total. The van der Waals surface area contributed by atoms with E-state index < -0.39 is 5.91 Å². The van der Waals surface area contributed by atoms with Crippen molar-refractivity contribution in [1.82, 2.24) is 10.6 Å². The molecular weight excluding hydrogens is 270 g/mol. The molecule has 0 saturated carbocycles. The number of benzene rings is 1. The number of rotatable bonds is 5. The summed E-state index contributed by atoms with van der Waals surface area (Å²) in [6.45, 7) is 2.75. The molecule has 0 spiro atoms. The van der Waals surface area contributed by atoms with E-state index in [0.29, 0.717) is 17.4 Å². The second-order valence-electron chi connectivity index (χ2n) is 5.30. The van der Waals surface area contributed by atoms with Gasteiger partial charge in [-0.15, -0.1) is 0 Å². The first-order chi connectivity index (χ1) is 10.1. The van der Waals surface area contributed by atoms with Crippen molar-refractivity contribution in [2.45, 2.75) is 31.8 Å². The number of nitrogens with one attached hydrogen (secondary N) is 2. The monoisotopic (exact) mass is 291 g/mol. The zero-order chi connectivity index (χ0) is 15.2. The summed E-state index contributed by atoms with van der Waals surface area (Å²) in [4.78, 5) is 23.2. The summed E-state index contributed by atoms with van der Waals surface area (Å²) in [5.41, 5.74) is 5.48. The van der Waals surface area contributed by atoms with Gasteiger partial charge in [0.05, 0.1) is 5.56 Å². The summed E-state index contributed by atoms with van der Waals surface area (Å²) in [5, 5.41) is 6.36. The number of ether oxygens (including phenoxy) is 1. The van der Waals surface area contributed by atoms with E-state index in [9.17, 15) is 9.59 Å². The Hall–Kier alpha value is -2.08. The molecule has 1 saturated heterocycles. The summed E-state index contributed by atoms with van der Waals surface area (Å²) in [6.07, 6.45) is 1.80.